The molecule has 1 aromatic heterocycles. The van der Waals surface area contributed by atoms with Gasteiger partial charge >= 0.3 is 6.03 Å². The van der Waals surface area contributed by atoms with Gasteiger partial charge < -0.3 is 5.32 Å². The van der Waals surface area contributed by atoms with E-state index in [4.69, 9.17) is 0 Å². The van der Waals surface area contributed by atoms with Crippen LogP contribution in [-0.2, 0) is 24.3 Å². The largest absolute Gasteiger partial charge is 0.338 e. The first-order valence-corrected chi connectivity index (χ1v) is 11.1. The van der Waals surface area contributed by atoms with Crippen molar-refractivity contribution in [2.75, 3.05) is 25.0 Å². The third-order valence-corrected chi connectivity index (χ3v) is 6.35. The van der Waals surface area contributed by atoms with E-state index in [2.05, 4.69) is 55.0 Å². The van der Waals surface area contributed by atoms with E-state index in [9.17, 15) is 9.59 Å². The summed E-state index contributed by atoms with van der Waals surface area (Å²) >= 11 is 0. The van der Waals surface area contributed by atoms with Gasteiger partial charge in [0, 0.05) is 31.7 Å². The summed E-state index contributed by atoms with van der Waals surface area (Å²) in [4.78, 5) is 28.9. The molecule has 8 heteroatoms. The van der Waals surface area contributed by atoms with Crippen LogP contribution in [0.4, 0.5) is 10.6 Å². The van der Waals surface area contributed by atoms with Gasteiger partial charge in [-0.05, 0) is 43.1 Å². The van der Waals surface area contributed by atoms with Gasteiger partial charge in [-0.25, -0.2) is 14.6 Å². The number of benzene rings is 1. The van der Waals surface area contributed by atoms with E-state index in [0.29, 0.717) is 30.7 Å². The van der Waals surface area contributed by atoms with Crippen molar-refractivity contribution in [3.63, 3.8) is 0 Å². The molecular weight excluding hydrogens is 392 g/mol. The molecule has 0 bridgehead atoms. The summed E-state index contributed by atoms with van der Waals surface area (Å²) in [5.74, 6) is 1.47. The van der Waals surface area contributed by atoms with Gasteiger partial charge in [0.1, 0.15) is 0 Å². The van der Waals surface area contributed by atoms with E-state index in [1.54, 1.807) is 6.08 Å². The molecular formula is C23H30N6O2. The van der Waals surface area contributed by atoms with Gasteiger partial charge in [0.05, 0.1) is 12.2 Å². The topological polar surface area (TPSA) is 102 Å². The van der Waals surface area contributed by atoms with Gasteiger partial charge in [0.25, 0.3) is 0 Å². The number of fused-ring (bicyclic) bond motifs is 1. The Morgan fingerprint density at radius 2 is 2.10 bits per heavy atom. The Kier molecular flexibility index (Phi) is 7.12. The van der Waals surface area contributed by atoms with Gasteiger partial charge in [-0.15, -0.1) is 0 Å². The van der Waals surface area contributed by atoms with Gasteiger partial charge in [-0.1, -0.05) is 36.8 Å². The van der Waals surface area contributed by atoms with Crippen molar-refractivity contribution in [2.24, 2.45) is 16.8 Å². The molecule has 2 unspecified atom stereocenters. The number of isocyanates is 1. The van der Waals surface area contributed by atoms with Crippen molar-refractivity contribution in [1.82, 2.24) is 20.4 Å². The smallest absolute Gasteiger partial charge is 0.320 e. The maximum atomic E-state index is 12.4. The number of hydrogen-bond acceptors (Lipinski definition) is 5. The van der Waals surface area contributed by atoms with E-state index in [0.717, 1.165) is 63.0 Å². The predicted molar refractivity (Wildman–Crippen MR) is 118 cm³/mol. The molecule has 2 heterocycles. The van der Waals surface area contributed by atoms with Gasteiger partial charge in [0.15, 0.2) is 5.82 Å². The zero-order valence-corrected chi connectivity index (χ0v) is 17.8. The summed E-state index contributed by atoms with van der Waals surface area (Å²) in [5.41, 5.74) is 3.47. The maximum absolute atomic E-state index is 12.4. The van der Waals surface area contributed by atoms with Gasteiger partial charge in [0.2, 0.25) is 6.08 Å². The van der Waals surface area contributed by atoms with Crippen molar-refractivity contribution >= 4 is 17.9 Å². The summed E-state index contributed by atoms with van der Waals surface area (Å²) in [6.45, 7) is 3.82. The van der Waals surface area contributed by atoms with E-state index >= 15 is 0 Å². The monoisotopic (exact) mass is 422 g/mol. The fraction of sp³-hybridized carbons (Fsp3) is 0.522. The van der Waals surface area contributed by atoms with Crippen LogP contribution in [0.3, 0.4) is 0 Å². The molecule has 3 N–H and O–H groups in total. The highest BCUT2D eigenvalue weighted by Crippen LogP contribution is 2.29. The molecule has 0 radical (unpaired) electrons. The molecule has 2 atom stereocenters. The number of aliphatic imine (C=N–C) groups is 1. The van der Waals surface area contributed by atoms with E-state index in [1.165, 1.54) is 5.56 Å². The number of aromatic amines is 1. The number of amides is 2. The molecule has 2 amide bonds. The summed E-state index contributed by atoms with van der Waals surface area (Å²) < 4.78 is 0. The van der Waals surface area contributed by atoms with Crippen LogP contribution in [0.2, 0.25) is 0 Å². The minimum atomic E-state index is -0.214. The van der Waals surface area contributed by atoms with Crippen LogP contribution < -0.4 is 10.6 Å². The minimum Gasteiger partial charge on any atom is -0.338 e. The van der Waals surface area contributed by atoms with Crippen molar-refractivity contribution in [2.45, 2.75) is 45.2 Å². The summed E-state index contributed by atoms with van der Waals surface area (Å²) in [5, 5.41) is 13.4. The molecule has 4 rings (SSSR count). The van der Waals surface area contributed by atoms with Crippen molar-refractivity contribution in [3.8, 4) is 0 Å². The molecule has 1 aliphatic carbocycles. The zero-order valence-electron chi connectivity index (χ0n) is 17.8. The lowest BCUT2D eigenvalue weighted by atomic mass is 9.81. The summed E-state index contributed by atoms with van der Waals surface area (Å²) in [6.07, 6.45) is 6.77. The molecule has 1 saturated carbocycles. The first kappa shape index (κ1) is 21.3. The van der Waals surface area contributed by atoms with Gasteiger partial charge in [-0.2, -0.15) is 5.10 Å². The van der Waals surface area contributed by atoms with E-state index in [-0.39, 0.29) is 6.03 Å². The van der Waals surface area contributed by atoms with Crippen LogP contribution in [0.25, 0.3) is 0 Å². The number of hydrogen-bond donors (Lipinski definition) is 3. The molecule has 1 fully saturated rings. The highest BCUT2D eigenvalue weighted by molar-refractivity contribution is 5.89. The number of aromatic nitrogens is 2. The second-order valence-corrected chi connectivity index (χ2v) is 8.64. The Morgan fingerprint density at radius 3 is 2.94 bits per heavy atom. The SMILES string of the molecule is O=C=NCC1CCCC(CNC(=O)Nc2n[nH]c3c2CCN(Cc2ccccc2)C3)C1. The second kappa shape index (κ2) is 10.4. The number of nitrogens with zero attached hydrogens (tertiary/aromatic N) is 3. The molecule has 8 nitrogen and oxygen atoms in total. The number of urea groups is 1. The van der Waals surface area contributed by atoms with Crippen molar-refractivity contribution in [3.05, 3.63) is 47.2 Å². The number of nitrogens with one attached hydrogen (secondary N) is 3. The molecule has 2 aromatic rings. The summed E-state index contributed by atoms with van der Waals surface area (Å²) in [7, 11) is 0. The predicted octanol–water partition coefficient (Wildman–Crippen LogP) is 3.23. The molecule has 2 aliphatic rings. The fourth-order valence-electron chi connectivity index (χ4n) is 4.76. The normalized spacial score (nSPS) is 21.0. The van der Waals surface area contributed by atoms with Crippen LogP contribution in [0.15, 0.2) is 35.3 Å². The van der Waals surface area contributed by atoms with Crippen LogP contribution in [0.1, 0.15) is 42.5 Å². The average molecular weight is 423 g/mol. The maximum Gasteiger partial charge on any atom is 0.320 e. The lowest BCUT2D eigenvalue weighted by Gasteiger charge is -2.28. The Balaban J connectivity index is 1.25. The third kappa shape index (κ3) is 5.81. The molecule has 1 aromatic carbocycles. The first-order chi connectivity index (χ1) is 15.2. The lowest BCUT2D eigenvalue weighted by molar-refractivity contribution is 0.238. The molecule has 0 saturated heterocycles. The zero-order chi connectivity index (χ0) is 21.5. The number of H-pyrrole nitrogens is 1. The third-order valence-electron chi connectivity index (χ3n) is 6.35. The van der Waals surface area contributed by atoms with Crippen molar-refractivity contribution < 1.29 is 9.59 Å². The Bertz CT molecular complexity index is 921. The summed E-state index contributed by atoms with van der Waals surface area (Å²) in [6, 6.07) is 10.2. The fourth-order valence-corrected chi connectivity index (χ4v) is 4.76. The highest BCUT2D eigenvalue weighted by Gasteiger charge is 2.24. The second-order valence-electron chi connectivity index (χ2n) is 8.64. The number of carbonyl (C=O) groups is 1. The number of rotatable bonds is 7. The Labute approximate surface area is 182 Å². The van der Waals surface area contributed by atoms with E-state index < -0.39 is 0 Å². The van der Waals surface area contributed by atoms with Crippen LogP contribution >= 0.6 is 0 Å². The molecule has 31 heavy (non-hydrogen) atoms. The Morgan fingerprint density at radius 1 is 1.26 bits per heavy atom. The quantitative estimate of drug-likeness (QED) is 0.471. The average Bonchev–Trinajstić information content (AvgIpc) is 3.19. The van der Waals surface area contributed by atoms with Crippen LogP contribution in [0.5, 0.6) is 0 Å². The molecule has 1 aliphatic heterocycles. The lowest BCUT2D eigenvalue weighted by Crippen LogP contribution is -2.35. The highest BCUT2D eigenvalue weighted by atomic mass is 16.2. The van der Waals surface area contributed by atoms with Gasteiger partial charge in [-0.3, -0.25) is 15.3 Å². The standard InChI is InChI=1S/C23H30N6O2/c30-16-24-12-18-7-4-8-19(11-18)13-25-23(31)26-22-20-9-10-29(15-21(20)27-28-22)14-17-5-2-1-3-6-17/h1-3,5-6,18-19H,4,7-15H2,(H3,25,26,27,28,31). The van der Waals surface area contributed by atoms with Crippen LogP contribution in [0, 0.1) is 11.8 Å². The minimum absolute atomic E-state index is 0.214. The first-order valence-electron chi connectivity index (χ1n) is 11.1. The van der Waals surface area contributed by atoms with Crippen molar-refractivity contribution in [1.29, 1.82) is 0 Å². The number of anilines is 1. The Hall–Kier alpha value is -2.96. The number of carbonyl (C=O) groups excluding carboxylic acids is 2. The molecule has 164 valence electrons. The van der Waals surface area contributed by atoms with E-state index in [1.807, 2.05) is 6.07 Å². The molecule has 0 spiro atoms. The van der Waals surface area contributed by atoms with Crippen LogP contribution in [-0.4, -0.2) is 46.8 Å².